The summed E-state index contributed by atoms with van der Waals surface area (Å²) in [5.41, 5.74) is 0.884. The molecule has 0 unspecified atom stereocenters. The van der Waals surface area contributed by atoms with Gasteiger partial charge in [0.2, 0.25) is 5.71 Å². The minimum atomic E-state index is -0.549. The molecule has 4 rings (SSSR count). The van der Waals surface area contributed by atoms with Crippen molar-refractivity contribution in [1.82, 2.24) is 19.8 Å². The fourth-order valence-corrected chi connectivity index (χ4v) is 4.04. The maximum Gasteiger partial charge on any atom is 0.337 e. The summed E-state index contributed by atoms with van der Waals surface area (Å²) in [5, 5.41) is 4.56. The molecular weight excluding hydrogens is 422 g/mol. The van der Waals surface area contributed by atoms with Gasteiger partial charge in [-0.05, 0) is 24.0 Å². The van der Waals surface area contributed by atoms with E-state index in [2.05, 4.69) is 56.1 Å². The molecule has 1 aliphatic heterocycles. The number of rotatable bonds is 7. The van der Waals surface area contributed by atoms with Crippen molar-refractivity contribution in [2.75, 3.05) is 26.2 Å². The molecule has 0 amide bonds. The standard InChI is InChI=1S/C24H29N5O4/c1-3-8-19(29-13-11-28(12-14-29)16-17-9-6-5-7-10-17)27-33-24-25-22(31)21-18(4-2)15-20(30)32-23(21)26-24/h5-7,9-10,15H,3-4,8,11-14,16H2,1-2H3,(H,25,26,31). The van der Waals surface area contributed by atoms with Gasteiger partial charge in [0.15, 0.2) is 0 Å². The number of nitrogens with zero attached hydrogens (tertiary/aromatic N) is 4. The Hall–Kier alpha value is -3.46. The van der Waals surface area contributed by atoms with Crippen LogP contribution in [0.4, 0.5) is 0 Å². The quantitative estimate of drug-likeness (QED) is 0.335. The van der Waals surface area contributed by atoms with Gasteiger partial charge in [0.05, 0.1) is 0 Å². The molecule has 0 bridgehead atoms. The maximum atomic E-state index is 12.5. The van der Waals surface area contributed by atoms with Crippen LogP contribution < -0.4 is 16.0 Å². The molecule has 1 aromatic carbocycles. The SMILES string of the molecule is CCCC(=NOc1nc2oc(=O)cc(CC)c2c(=O)[nH]1)N1CCN(Cc2ccccc2)CC1. The van der Waals surface area contributed by atoms with Crippen molar-refractivity contribution in [3.05, 3.63) is 68.3 Å². The lowest BCUT2D eigenvalue weighted by molar-refractivity contribution is 0.169. The van der Waals surface area contributed by atoms with Gasteiger partial charge in [-0.25, -0.2) is 4.79 Å². The molecule has 0 spiro atoms. The molecule has 174 valence electrons. The molecule has 2 aromatic heterocycles. The first-order valence-corrected chi connectivity index (χ1v) is 11.4. The van der Waals surface area contributed by atoms with Crippen molar-refractivity contribution in [2.24, 2.45) is 5.16 Å². The summed E-state index contributed by atoms with van der Waals surface area (Å²) in [6.45, 7) is 8.40. The average Bonchev–Trinajstić information content (AvgIpc) is 2.82. The van der Waals surface area contributed by atoms with E-state index in [9.17, 15) is 9.59 Å². The van der Waals surface area contributed by atoms with E-state index in [4.69, 9.17) is 9.25 Å². The summed E-state index contributed by atoms with van der Waals surface area (Å²) in [6, 6.07) is 11.7. The number of H-pyrrole nitrogens is 1. The van der Waals surface area contributed by atoms with Gasteiger partial charge in [0, 0.05) is 45.2 Å². The Labute approximate surface area is 191 Å². The summed E-state index contributed by atoms with van der Waals surface area (Å²) in [7, 11) is 0. The van der Waals surface area contributed by atoms with Crippen LogP contribution in [0, 0.1) is 0 Å². The van der Waals surface area contributed by atoms with Crippen LogP contribution in [0.5, 0.6) is 6.01 Å². The molecule has 1 fully saturated rings. The summed E-state index contributed by atoms with van der Waals surface area (Å²) < 4.78 is 5.13. The van der Waals surface area contributed by atoms with Crippen LogP contribution in [0.25, 0.3) is 11.1 Å². The van der Waals surface area contributed by atoms with Gasteiger partial charge in [0.25, 0.3) is 5.56 Å². The molecule has 3 heterocycles. The van der Waals surface area contributed by atoms with E-state index in [-0.39, 0.29) is 17.1 Å². The Morgan fingerprint density at radius 1 is 1.15 bits per heavy atom. The second kappa shape index (κ2) is 10.4. The Kier molecular flexibility index (Phi) is 7.19. The van der Waals surface area contributed by atoms with Crippen molar-refractivity contribution < 1.29 is 9.25 Å². The van der Waals surface area contributed by atoms with E-state index in [1.165, 1.54) is 11.6 Å². The minimum Gasteiger partial charge on any atom is -0.403 e. The highest BCUT2D eigenvalue weighted by atomic mass is 16.6. The van der Waals surface area contributed by atoms with E-state index < -0.39 is 11.2 Å². The van der Waals surface area contributed by atoms with Crippen molar-refractivity contribution in [3.63, 3.8) is 0 Å². The van der Waals surface area contributed by atoms with Gasteiger partial charge in [-0.2, -0.15) is 4.98 Å². The zero-order valence-electron chi connectivity index (χ0n) is 19.0. The number of piperazine rings is 1. The fraction of sp³-hybridized carbons (Fsp3) is 0.417. The number of aryl methyl sites for hydroxylation is 1. The lowest BCUT2D eigenvalue weighted by Gasteiger charge is -2.36. The summed E-state index contributed by atoms with van der Waals surface area (Å²) >= 11 is 0. The largest absolute Gasteiger partial charge is 0.403 e. The second-order valence-electron chi connectivity index (χ2n) is 8.09. The normalized spacial score (nSPS) is 15.2. The number of hydrogen-bond donors (Lipinski definition) is 1. The van der Waals surface area contributed by atoms with Crippen molar-refractivity contribution in [2.45, 2.75) is 39.7 Å². The third-order valence-electron chi connectivity index (χ3n) is 5.75. The number of aromatic nitrogens is 2. The van der Waals surface area contributed by atoms with Crippen molar-refractivity contribution in [3.8, 4) is 6.01 Å². The molecule has 1 saturated heterocycles. The molecule has 3 aromatic rings. The molecule has 0 saturated carbocycles. The number of oxime groups is 1. The Morgan fingerprint density at radius 3 is 2.61 bits per heavy atom. The molecule has 0 atom stereocenters. The van der Waals surface area contributed by atoms with Crippen LogP contribution in [0.2, 0.25) is 0 Å². The van der Waals surface area contributed by atoms with Crippen LogP contribution in [0.3, 0.4) is 0 Å². The Balaban J connectivity index is 1.47. The number of benzene rings is 1. The number of nitrogens with one attached hydrogen (secondary N) is 1. The molecule has 1 aliphatic rings. The van der Waals surface area contributed by atoms with Crippen LogP contribution in [-0.4, -0.2) is 51.8 Å². The van der Waals surface area contributed by atoms with Gasteiger partial charge in [-0.15, -0.1) is 0 Å². The highest BCUT2D eigenvalue weighted by Gasteiger charge is 2.20. The fourth-order valence-electron chi connectivity index (χ4n) is 4.04. The van der Waals surface area contributed by atoms with E-state index in [1.54, 1.807) is 0 Å². The summed E-state index contributed by atoms with van der Waals surface area (Å²) in [5.74, 6) is 0.809. The van der Waals surface area contributed by atoms with E-state index >= 15 is 0 Å². The number of fused-ring (bicyclic) bond motifs is 1. The van der Waals surface area contributed by atoms with Gasteiger partial charge < -0.3 is 14.2 Å². The lowest BCUT2D eigenvalue weighted by atomic mass is 10.1. The van der Waals surface area contributed by atoms with E-state index in [0.717, 1.165) is 51.4 Å². The molecule has 0 radical (unpaired) electrons. The molecule has 9 heteroatoms. The molecule has 9 nitrogen and oxygen atoms in total. The summed E-state index contributed by atoms with van der Waals surface area (Å²) in [4.78, 5) is 41.2. The first-order chi connectivity index (χ1) is 16.1. The van der Waals surface area contributed by atoms with Crippen LogP contribution in [0.1, 0.15) is 37.8 Å². The highest BCUT2D eigenvalue weighted by molar-refractivity contribution is 5.82. The highest BCUT2D eigenvalue weighted by Crippen LogP contribution is 2.15. The van der Waals surface area contributed by atoms with Gasteiger partial charge in [0.1, 0.15) is 11.2 Å². The predicted octanol–water partition coefficient (Wildman–Crippen LogP) is 2.75. The third-order valence-corrected chi connectivity index (χ3v) is 5.75. The average molecular weight is 452 g/mol. The van der Waals surface area contributed by atoms with Gasteiger partial charge >= 0.3 is 11.6 Å². The summed E-state index contributed by atoms with van der Waals surface area (Å²) in [6.07, 6.45) is 2.16. The Bertz CT molecular complexity index is 1230. The topological polar surface area (TPSA) is 104 Å². The van der Waals surface area contributed by atoms with Crippen LogP contribution in [-0.2, 0) is 13.0 Å². The maximum absolute atomic E-state index is 12.5. The van der Waals surface area contributed by atoms with Crippen LogP contribution in [0.15, 0.2) is 55.6 Å². The zero-order valence-corrected chi connectivity index (χ0v) is 19.0. The minimum absolute atomic E-state index is 0.0418. The second-order valence-corrected chi connectivity index (χ2v) is 8.09. The number of hydrogen-bond acceptors (Lipinski definition) is 7. The molecule has 1 N–H and O–H groups in total. The third kappa shape index (κ3) is 5.48. The predicted molar refractivity (Wildman–Crippen MR) is 127 cm³/mol. The van der Waals surface area contributed by atoms with Crippen molar-refractivity contribution >= 4 is 16.9 Å². The van der Waals surface area contributed by atoms with Gasteiger partial charge in [-0.1, -0.05) is 49.3 Å². The monoisotopic (exact) mass is 451 g/mol. The van der Waals surface area contributed by atoms with E-state index in [1.807, 2.05) is 13.0 Å². The lowest BCUT2D eigenvalue weighted by Crippen LogP contribution is -2.48. The van der Waals surface area contributed by atoms with E-state index in [0.29, 0.717) is 12.0 Å². The smallest absolute Gasteiger partial charge is 0.337 e. The first-order valence-electron chi connectivity index (χ1n) is 11.4. The number of aromatic amines is 1. The molecular formula is C24H29N5O4. The Morgan fingerprint density at radius 2 is 1.91 bits per heavy atom. The van der Waals surface area contributed by atoms with Crippen LogP contribution >= 0.6 is 0 Å². The molecule has 33 heavy (non-hydrogen) atoms. The molecule has 0 aliphatic carbocycles. The first kappa shape index (κ1) is 22.7. The number of amidine groups is 1. The zero-order chi connectivity index (χ0) is 23.2. The van der Waals surface area contributed by atoms with Gasteiger partial charge in [-0.3, -0.25) is 14.7 Å². The van der Waals surface area contributed by atoms with Crippen molar-refractivity contribution in [1.29, 1.82) is 0 Å².